The number of fused-ring (bicyclic) bond motifs is 1. The van der Waals surface area contributed by atoms with Gasteiger partial charge in [0.25, 0.3) is 0 Å². The molecule has 2 saturated heterocycles. The summed E-state index contributed by atoms with van der Waals surface area (Å²) in [5.74, 6) is -0.177. The lowest BCUT2D eigenvalue weighted by atomic mass is 10.1. The maximum absolute atomic E-state index is 15.1. The normalized spacial score (nSPS) is 15.7. The molecule has 2 aliphatic rings. The number of piperazine rings is 1. The highest BCUT2D eigenvalue weighted by Gasteiger charge is 2.27. The van der Waals surface area contributed by atoms with Crippen molar-refractivity contribution in [1.82, 2.24) is 34.7 Å². The lowest BCUT2D eigenvalue weighted by Gasteiger charge is -2.37. The third kappa shape index (κ3) is 6.51. The van der Waals surface area contributed by atoms with Crippen molar-refractivity contribution in [3.05, 3.63) is 83.9 Å². The van der Waals surface area contributed by atoms with Crippen LogP contribution < -0.4 is 20.4 Å². The average molecular weight is 667 g/mol. The number of halogens is 2. The Morgan fingerprint density at radius 3 is 2.45 bits per heavy atom. The van der Waals surface area contributed by atoms with E-state index in [0.29, 0.717) is 30.2 Å². The molecule has 3 amide bonds. The zero-order chi connectivity index (χ0) is 34.2. The van der Waals surface area contributed by atoms with Gasteiger partial charge in [-0.1, -0.05) is 18.2 Å². The predicted octanol–water partition coefficient (Wildman–Crippen LogP) is 5.57. The number of para-hydroxylation sites is 1. The summed E-state index contributed by atoms with van der Waals surface area (Å²) >= 11 is 0. The summed E-state index contributed by atoms with van der Waals surface area (Å²) in [4.78, 5) is 47.7. The van der Waals surface area contributed by atoms with Crippen LogP contribution >= 0.6 is 0 Å². The number of nitrogens with zero attached hydrogens (tertiary/aromatic N) is 8. The minimum atomic E-state index is -0.670. The Hall–Kier alpha value is -5.50. The largest absolute Gasteiger partial charge is 0.368 e. The van der Waals surface area contributed by atoms with Gasteiger partial charge in [-0.15, -0.1) is 0 Å². The summed E-state index contributed by atoms with van der Waals surface area (Å²) in [6.45, 7) is 10.0. The maximum Gasteiger partial charge on any atom is 0.328 e. The van der Waals surface area contributed by atoms with Crippen LogP contribution in [0.2, 0.25) is 0 Å². The quantitative estimate of drug-likeness (QED) is 0.219. The molecule has 0 spiro atoms. The number of rotatable bonds is 8. The summed E-state index contributed by atoms with van der Waals surface area (Å²) < 4.78 is 32.0. The van der Waals surface area contributed by atoms with Gasteiger partial charge in [-0.25, -0.2) is 33.5 Å². The van der Waals surface area contributed by atoms with E-state index in [1.54, 1.807) is 17.2 Å². The van der Waals surface area contributed by atoms with E-state index < -0.39 is 11.6 Å². The number of pyridine rings is 1. The number of aryl methyl sites for hydroxylation is 1. The third-order valence-electron chi connectivity index (χ3n) is 8.91. The Balaban J connectivity index is 1.00. The zero-order valence-corrected chi connectivity index (χ0v) is 27.5. The fraction of sp³-hybridized carbons (Fsp3) is 0.314. The summed E-state index contributed by atoms with van der Waals surface area (Å²) in [5, 5.41) is 5.44. The van der Waals surface area contributed by atoms with E-state index in [4.69, 9.17) is 0 Å². The second kappa shape index (κ2) is 13.2. The number of amides is 3. The molecule has 0 aliphatic carbocycles. The summed E-state index contributed by atoms with van der Waals surface area (Å²) in [6.07, 6.45) is 3.11. The van der Waals surface area contributed by atoms with Gasteiger partial charge >= 0.3 is 6.03 Å². The third-order valence-corrected chi connectivity index (χ3v) is 8.91. The SMILES string of the molecule is Cc1nc2c(F)cc(-c3nc(Nc4ccc(N5CCN(Cc6ccccc6N6CCC(=O)NC6=O)CC5)cn4)ncc3F)cc2n1C(C)C. The van der Waals surface area contributed by atoms with Crippen LogP contribution in [-0.4, -0.2) is 74.1 Å². The fourth-order valence-corrected chi connectivity index (χ4v) is 6.56. The standard InChI is InChI=1S/C35H36F2N10O2/c1-21(2)47-22(3)40-33-26(36)16-24(17-29(33)47)32-27(37)19-39-34(43-32)41-30-9-8-25(18-38-30)45-14-12-44(13-15-45)20-23-6-4-5-7-28(23)46-11-10-31(48)42-35(46)49/h4-9,16-19,21H,10-15,20H2,1-3H3,(H,42,48,49)(H,38,39,41,43). The van der Waals surface area contributed by atoms with Crippen molar-refractivity contribution >= 4 is 46.1 Å². The first-order chi connectivity index (χ1) is 23.6. The monoisotopic (exact) mass is 666 g/mol. The fourth-order valence-electron chi connectivity index (χ4n) is 6.56. The number of carbonyl (C=O) groups is 2. The molecule has 0 bridgehead atoms. The second-order valence-corrected chi connectivity index (χ2v) is 12.5. The summed E-state index contributed by atoms with van der Waals surface area (Å²) in [5.41, 5.74) is 3.88. The molecule has 3 aromatic heterocycles. The number of imidazole rings is 1. The number of hydrogen-bond acceptors (Lipinski definition) is 9. The molecule has 5 aromatic rings. The van der Waals surface area contributed by atoms with Crippen LogP contribution in [0.25, 0.3) is 22.3 Å². The van der Waals surface area contributed by atoms with Crippen molar-refractivity contribution in [2.45, 2.75) is 39.8 Å². The van der Waals surface area contributed by atoms with Crippen LogP contribution in [0.1, 0.15) is 37.7 Å². The van der Waals surface area contributed by atoms with Gasteiger partial charge in [0.2, 0.25) is 11.9 Å². The number of benzene rings is 2. The average Bonchev–Trinajstić information content (AvgIpc) is 3.43. The maximum atomic E-state index is 15.1. The first-order valence-corrected chi connectivity index (χ1v) is 16.2. The number of hydrogen-bond donors (Lipinski definition) is 2. The number of anilines is 4. The number of aromatic nitrogens is 5. The molecule has 5 heterocycles. The highest BCUT2D eigenvalue weighted by atomic mass is 19.1. The molecule has 14 heteroatoms. The van der Waals surface area contributed by atoms with Gasteiger partial charge in [-0.3, -0.25) is 19.9 Å². The Morgan fingerprint density at radius 2 is 1.71 bits per heavy atom. The lowest BCUT2D eigenvalue weighted by Crippen LogP contribution is -2.50. The van der Waals surface area contributed by atoms with E-state index in [9.17, 15) is 14.0 Å². The van der Waals surface area contributed by atoms with Crippen molar-refractivity contribution in [1.29, 1.82) is 0 Å². The highest BCUT2D eigenvalue weighted by Crippen LogP contribution is 2.31. The molecule has 0 radical (unpaired) electrons. The molecule has 0 saturated carbocycles. The Kier molecular flexibility index (Phi) is 8.63. The predicted molar refractivity (Wildman–Crippen MR) is 183 cm³/mol. The van der Waals surface area contributed by atoms with Crippen LogP contribution in [0, 0.1) is 18.6 Å². The van der Waals surface area contributed by atoms with Crippen LogP contribution in [0.3, 0.4) is 0 Å². The van der Waals surface area contributed by atoms with Crippen LogP contribution in [0.15, 0.2) is 60.9 Å². The lowest BCUT2D eigenvalue weighted by molar-refractivity contribution is -0.120. The summed E-state index contributed by atoms with van der Waals surface area (Å²) in [7, 11) is 0. The van der Waals surface area contributed by atoms with Crippen molar-refractivity contribution < 1.29 is 18.4 Å². The molecule has 12 nitrogen and oxygen atoms in total. The van der Waals surface area contributed by atoms with Gasteiger partial charge < -0.3 is 14.8 Å². The van der Waals surface area contributed by atoms with E-state index in [1.807, 2.05) is 61.7 Å². The molecule has 0 unspecified atom stereocenters. The van der Waals surface area contributed by atoms with Gasteiger partial charge in [-0.2, -0.15) is 0 Å². The van der Waals surface area contributed by atoms with E-state index >= 15 is 4.39 Å². The van der Waals surface area contributed by atoms with Crippen LogP contribution in [0.5, 0.6) is 0 Å². The van der Waals surface area contributed by atoms with Gasteiger partial charge in [0.05, 0.1) is 23.6 Å². The number of nitrogens with one attached hydrogen (secondary N) is 2. The molecule has 7 rings (SSSR count). The van der Waals surface area contributed by atoms with E-state index in [1.165, 1.54) is 6.07 Å². The van der Waals surface area contributed by atoms with E-state index in [0.717, 1.165) is 49.3 Å². The minimum absolute atomic E-state index is 0.0288. The second-order valence-electron chi connectivity index (χ2n) is 12.5. The van der Waals surface area contributed by atoms with Crippen molar-refractivity contribution in [2.75, 3.05) is 47.8 Å². The summed E-state index contributed by atoms with van der Waals surface area (Å²) in [6, 6.07) is 14.2. The van der Waals surface area contributed by atoms with Crippen molar-refractivity contribution in [2.24, 2.45) is 0 Å². The zero-order valence-electron chi connectivity index (χ0n) is 27.5. The topological polar surface area (TPSA) is 124 Å². The molecular weight excluding hydrogens is 630 g/mol. The first-order valence-electron chi connectivity index (χ1n) is 16.2. The van der Waals surface area contributed by atoms with Gasteiger partial charge in [0, 0.05) is 63.0 Å². The van der Waals surface area contributed by atoms with Gasteiger partial charge in [-0.05, 0) is 56.7 Å². The smallest absolute Gasteiger partial charge is 0.328 e. The van der Waals surface area contributed by atoms with Crippen molar-refractivity contribution in [3.63, 3.8) is 0 Å². The molecule has 2 aliphatic heterocycles. The Bertz CT molecular complexity index is 2040. The highest BCUT2D eigenvalue weighted by molar-refractivity contribution is 6.05. The van der Waals surface area contributed by atoms with Crippen molar-refractivity contribution in [3.8, 4) is 11.3 Å². The number of carbonyl (C=O) groups excluding carboxylic acids is 2. The molecule has 0 atom stereocenters. The molecule has 2 fully saturated rings. The molecule has 2 N–H and O–H groups in total. The Labute approximate surface area is 281 Å². The molecular formula is C35H36F2N10O2. The molecule has 49 heavy (non-hydrogen) atoms. The number of urea groups is 1. The van der Waals surface area contributed by atoms with E-state index in [2.05, 4.69) is 40.4 Å². The molecule has 252 valence electrons. The Morgan fingerprint density at radius 1 is 0.918 bits per heavy atom. The minimum Gasteiger partial charge on any atom is -0.368 e. The van der Waals surface area contributed by atoms with Gasteiger partial charge in [0.15, 0.2) is 11.6 Å². The van der Waals surface area contributed by atoms with E-state index in [-0.39, 0.29) is 47.1 Å². The van der Waals surface area contributed by atoms with Crippen LogP contribution in [-0.2, 0) is 11.3 Å². The molecule has 2 aromatic carbocycles. The number of imide groups is 1. The van der Waals surface area contributed by atoms with Gasteiger partial charge in [0.1, 0.15) is 22.9 Å². The first kappa shape index (κ1) is 32.1. The van der Waals surface area contributed by atoms with Crippen LogP contribution in [0.4, 0.5) is 36.7 Å².